The van der Waals surface area contributed by atoms with Gasteiger partial charge in [-0.3, -0.25) is 4.79 Å². The molecule has 3 aromatic rings. The van der Waals surface area contributed by atoms with Crippen LogP contribution in [0, 0.1) is 5.82 Å². The summed E-state index contributed by atoms with van der Waals surface area (Å²) < 4.78 is 13.6. The zero-order valence-electron chi connectivity index (χ0n) is 13.7. The molecule has 126 valence electrons. The quantitative estimate of drug-likeness (QED) is 0.691. The summed E-state index contributed by atoms with van der Waals surface area (Å²) in [6.45, 7) is 0.417. The number of para-hydroxylation sites is 1. The van der Waals surface area contributed by atoms with E-state index in [2.05, 4.69) is 10.6 Å². The second-order valence-electron chi connectivity index (χ2n) is 5.73. The summed E-state index contributed by atoms with van der Waals surface area (Å²) in [7, 11) is 0. The maximum absolute atomic E-state index is 13.6. The van der Waals surface area contributed by atoms with Crippen molar-refractivity contribution in [3.63, 3.8) is 0 Å². The lowest BCUT2D eigenvalue weighted by atomic mass is 10.1. The minimum Gasteiger partial charge on any atom is -0.381 e. The van der Waals surface area contributed by atoms with Crippen LogP contribution in [0.15, 0.2) is 78.9 Å². The summed E-state index contributed by atoms with van der Waals surface area (Å²) in [5.74, 6) is -0.275. The van der Waals surface area contributed by atoms with Gasteiger partial charge in [-0.1, -0.05) is 48.5 Å². The lowest BCUT2D eigenvalue weighted by Crippen LogP contribution is -2.14. The Bertz CT molecular complexity index is 832. The van der Waals surface area contributed by atoms with Crippen LogP contribution in [-0.4, -0.2) is 5.91 Å². The van der Waals surface area contributed by atoms with Crippen LogP contribution in [0.2, 0.25) is 0 Å². The number of halogens is 1. The molecule has 0 unspecified atom stereocenters. The van der Waals surface area contributed by atoms with Gasteiger partial charge in [-0.2, -0.15) is 0 Å². The van der Waals surface area contributed by atoms with E-state index >= 15 is 0 Å². The second kappa shape index (κ2) is 8.11. The summed E-state index contributed by atoms with van der Waals surface area (Å²) in [6.07, 6.45) is 0.308. The molecule has 3 rings (SSSR count). The molecule has 1 amide bonds. The first-order chi connectivity index (χ1) is 12.2. The van der Waals surface area contributed by atoms with E-state index in [1.165, 1.54) is 6.07 Å². The predicted molar refractivity (Wildman–Crippen MR) is 98.9 cm³/mol. The number of anilines is 2. The van der Waals surface area contributed by atoms with Gasteiger partial charge in [-0.25, -0.2) is 4.39 Å². The van der Waals surface area contributed by atoms with Crippen molar-refractivity contribution in [1.29, 1.82) is 0 Å². The van der Waals surface area contributed by atoms with Crippen LogP contribution in [0.1, 0.15) is 11.1 Å². The van der Waals surface area contributed by atoms with E-state index in [9.17, 15) is 9.18 Å². The topological polar surface area (TPSA) is 41.1 Å². The van der Waals surface area contributed by atoms with E-state index in [1.807, 2.05) is 60.7 Å². The Morgan fingerprint density at radius 1 is 0.800 bits per heavy atom. The van der Waals surface area contributed by atoms with Crippen molar-refractivity contribution in [3.8, 4) is 0 Å². The molecule has 0 bridgehead atoms. The van der Waals surface area contributed by atoms with E-state index in [-0.39, 0.29) is 11.7 Å². The van der Waals surface area contributed by atoms with Gasteiger partial charge in [0.05, 0.1) is 6.42 Å². The SMILES string of the molecule is O=C(Cc1ccc(NCc2ccccc2F)cc1)Nc1ccccc1. The molecule has 3 aromatic carbocycles. The lowest BCUT2D eigenvalue weighted by molar-refractivity contribution is -0.115. The molecule has 2 N–H and O–H groups in total. The molecule has 4 heteroatoms. The van der Waals surface area contributed by atoms with Crippen LogP contribution in [0.25, 0.3) is 0 Å². The molecule has 0 aliphatic carbocycles. The van der Waals surface area contributed by atoms with Crippen LogP contribution >= 0.6 is 0 Å². The third-order valence-electron chi connectivity index (χ3n) is 3.82. The van der Waals surface area contributed by atoms with E-state index < -0.39 is 0 Å². The Hall–Kier alpha value is -3.14. The minimum atomic E-state index is -0.218. The molecule has 25 heavy (non-hydrogen) atoms. The Morgan fingerprint density at radius 3 is 2.20 bits per heavy atom. The first-order valence-corrected chi connectivity index (χ1v) is 8.12. The van der Waals surface area contributed by atoms with Crippen LogP contribution < -0.4 is 10.6 Å². The fourth-order valence-electron chi connectivity index (χ4n) is 2.49. The molecule has 0 saturated heterocycles. The molecule has 0 aliphatic heterocycles. The van der Waals surface area contributed by atoms with Crippen molar-refractivity contribution in [2.24, 2.45) is 0 Å². The molecule has 3 nitrogen and oxygen atoms in total. The molecular formula is C21H19FN2O. The van der Waals surface area contributed by atoms with Crippen LogP contribution in [-0.2, 0) is 17.8 Å². The number of carbonyl (C=O) groups is 1. The number of hydrogen-bond donors (Lipinski definition) is 2. The highest BCUT2D eigenvalue weighted by molar-refractivity contribution is 5.92. The number of nitrogens with one attached hydrogen (secondary N) is 2. The van der Waals surface area contributed by atoms with Gasteiger partial charge in [-0.05, 0) is 35.9 Å². The summed E-state index contributed by atoms with van der Waals surface area (Å²) in [5, 5.41) is 6.04. The summed E-state index contributed by atoms with van der Waals surface area (Å²) in [4.78, 5) is 12.0. The molecule has 0 aliphatic rings. The van der Waals surface area contributed by atoms with Crippen molar-refractivity contribution < 1.29 is 9.18 Å². The van der Waals surface area contributed by atoms with Crippen molar-refractivity contribution in [3.05, 3.63) is 95.8 Å². The van der Waals surface area contributed by atoms with Gasteiger partial charge in [0.15, 0.2) is 0 Å². The van der Waals surface area contributed by atoms with Gasteiger partial charge >= 0.3 is 0 Å². The fourth-order valence-corrected chi connectivity index (χ4v) is 2.49. The average Bonchev–Trinajstić information content (AvgIpc) is 2.63. The van der Waals surface area contributed by atoms with Gasteiger partial charge in [0.25, 0.3) is 0 Å². The first-order valence-electron chi connectivity index (χ1n) is 8.12. The molecule has 0 atom stereocenters. The van der Waals surface area contributed by atoms with Gasteiger partial charge in [0, 0.05) is 23.5 Å². The van der Waals surface area contributed by atoms with Crippen molar-refractivity contribution in [2.75, 3.05) is 10.6 Å². The average molecular weight is 334 g/mol. The van der Waals surface area contributed by atoms with Crippen LogP contribution in [0.5, 0.6) is 0 Å². The third kappa shape index (κ3) is 4.91. The lowest BCUT2D eigenvalue weighted by Gasteiger charge is -2.09. The van der Waals surface area contributed by atoms with Gasteiger partial charge in [0.2, 0.25) is 5.91 Å². The zero-order chi connectivity index (χ0) is 17.5. The molecule has 0 saturated carbocycles. The number of hydrogen-bond acceptors (Lipinski definition) is 2. The molecule has 0 spiro atoms. The van der Waals surface area contributed by atoms with Crippen LogP contribution in [0.4, 0.5) is 15.8 Å². The number of rotatable bonds is 6. The zero-order valence-corrected chi connectivity index (χ0v) is 13.7. The maximum atomic E-state index is 13.6. The van der Waals surface area contributed by atoms with E-state index in [0.29, 0.717) is 18.5 Å². The smallest absolute Gasteiger partial charge is 0.228 e. The number of amides is 1. The van der Waals surface area contributed by atoms with Crippen LogP contribution in [0.3, 0.4) is 0 Å². The second-order valence-corrected chi connectivity index (χ2v) is 5.73. The van der Waals surface area contributed by atoms with Gasteiger partial charge < -0.3 is 10.6 Å². The molecule has 0 radical (unpaired) electrons. The molecule has 0 heterocycles. The van der Waals surface area contributed by atoms with E-state index in [1.54, 1.807) is 12.1 Å². The Balaban J connectivity index is 1.53. The molecular weight excluding hydrogens is 315 g/mol. The van der Waals surface area contributed by atoms with Gasteiger partial charge in [-0.15, -0.1) is 0 Å². The minimum absolute atomic E-state index is 0.0572. The monoisotopic (exact) mass is 334 g/mol. The Labute approximate surface area is 146 Å². The summed E-state index contributed by atoms with van der Waals surface area (Å²) in [5.41, 5.74) is 3.21. The van der Waals surface area contributed by atoms with Crippen molar-refractivity contribution in [1.82, 2.24) is 0 Å². The van der Waals surface area contributed by atoms with E-state index in [0.717, 1.165) is 16.9 Å². The highest BCUT2D eigenvalue weighted by Crippen LogP contribution is 2.14. The molecule has 0 aromatic heterocycles. The third-order valence-corrected chi connectivity index (χ3v) is 3.82. The normalized spacial score (nSPS) is 10.3. The van der Waals surface area contributed by atoms with Gasteiger partial charge in [0.1, 0.15) is 5.82 Å². The summed E-state index contributed by atoms with van der Waals surface area (Å²) in [6, 6.07) is 23.7. The summed E-state index contributed by atoms with van der Waals surface area (Å²) >= 11 is 0. The Morgan fingerprint density at radius 2 is 1.48 bits per heavy atom. The van der Waals surface area contributed by atoms with Crippen molar-refractivity contribution in [2.45, 2.75) is 13.0 Å². The predicted octanol–water partition coefficient (Wildman–Crippen LogP) is 4.62. The Kier molecular flexibility index (Phi) is 5.42. The largest absolute Gasteiger partial charge is 0.381 e. The highest BCUT2D eigenvalue weighted by atomic mass is 19.1. The van der Waals surface area contributed by atoms with Crippen molar-refractivity contribution >= 4 is 17.3 Å². The standard InChI is InChI=1S/C21H19FN2O/c22-20-9-5-4-6-17(20)15-23-18-12-10-16(11-13-18)14-21(25)24-19-7-2-1-3-8-19/h1-13,23H,14-15H2,(H,24,25). The molecule has 0 fully saturated rings. The fraction of sp³-hybridized carbons (Fsp3) is 0.0952. The highest BCUT2D eigenvalue weighted by Gasteiger charge is 2.05. The number of carbonyl (C=O) groups excluding carboxylic acids is 1. The maximum Gasteiger partial charge on any atom is 0.228 e. The van der Waals surface area contributed by atoms with E-state index in [4.69, 9.17) is 0 Å². The number of benzene rings is 3. The first kappa shape index (κ1) is 16.7.